The Labute approximate surface area is 154 Å². The first kappa shape index (κ1) is 17.4. The average molecular weight is 353 g/mol. The number of nitrogens with one attached hydrogen (secondary N) is 2. The number of thiocarbonyl (C=S) groups is 1. The maximum absolute atomic E-state index is 11.9. The van der Waals surface area contributed by atoms with E-state index in [0.29, 0.717) is 18.1 Å². The van der Waals surface area contributed by atoms with Crippen LogP contribution in [0.5, 0.6) is 0 Å². The molecule has 1 amide bonds. The Balaban J connectivity index is 1.59. The maximum Gasteiger partial charge on any atom is 0.227 e. The fourth-order valence-corrected chi connectivity index (χ4v) is 3.35. The van der Waals surface area contributed by atoms with Gasteiger partial charge in [-0.1, -0.05) is 18.2 Å². The molecule has 0 aliphatic carbocycles. The summed E-state index contributed by atoms with van der Waals surface area (Å²) in [6, 6.07) is 14.3. The number of anilines is 2. The van der Waals surface area contributed by atoms with E-state index in [1.54, 1.807) is 0 Å². The van der Waals surface area contributed by atoms with Gasteiger partial charge in [-0.15, -0.1) is 0 Å². The van der Waals surface area contributed by atoms with E-state index in [1.165, 1.54) is 11.1 Å². The van der Waals surface area contributed by atoms with E-state index in [1.807, 2.05) is 23.1 Å². The van der Waals surface area contributed by atoms with Crippen molar-refractivity contribution in [3.63, 3.8) is 0 Å². The highest BCUT2D eigenvalue weighted by Gasteiger charge is 2.21. The number of hydrogen-bond acceptors (Lipinski definition) is 2. The van der Waals surface area contributed by atoms with Crippen LogP contribution in [0.2, 0.25) is 0 Å². The normalized spacial score (nSPS) is 13.8. The van der Waals surface area contributed by atoms with Crippen LogP contribution in [-0.4, -0.2) is 17.6 Å². The van der Waals surface area contributed by atoms with Crippen LogP contribution in [0.15, 0.2) is 42.5 Å². The molecule has 1 fully saturated rings. The van der Waals surface area contributed by atoms with Gasteiger partial charge in [0.2, 0.25) is 5.91 Å². The molecule has 1 saturated heterocycles. The van der Waals surface area contributed by atoms with Crippen LogP contribution in [0.3, 0.4) is 0 Å². The second-order valence-electron chi connectivity index (χ2n) is 6.50. The molecule has 0 unspecified atom stereocenters. The molecule has 5 heteroatoms. The van der Waals surface area contributed by atoms with Crippen LogP contribution < -0.4 is 15.5 Å². The monoisotopic (exact) mass is 353 g/mol. The van der Waals surface area contributed by atoms with Gasteiger partial charge < -0.3 is 15.5 Å². The van der Waals surface area contributed by atoms with Crippen molar-refractivity contribution in [3.8, 4) is 0 Å². The van der Waals surface area contributed by atoms with Gasteiger partial charge in [-0.2, -0.15) is 0 Å². The van der Waals surface area contributed by atoms with Crippen LogP contribution in [0.25, 0.3) is 0 Å². The predicted octanol–water partition coefficient (Wildman–Crippen LogP) is 3.92. The van der Waals surface area contributed by atoms with Crippen molar-refractivity contribution in [2.75, 3.05) is 16.8 Å². The van der Waals surface area contributed by atoms with Crippen molar-refractivity contribution >= 4 is 34.6 Å². The highest BCUT2D eigenvalue weighted by molar-refractivity contribution is 7.80. The molecular weight excluding hydrogens is 330 g/mol. The van der Waals surface area contributed by atoms with E-state index in [2.05, 4.69) is 48.7 Å². The van der Waals surface area contributed by atoms with Crippen LogP contribution in [0.1, 0.15) is 29.5 Å². The second kappa shape index (κ2) is 7.66. The van der Waals surface area contributed by atoms with E-state index in [0.717, 1.165) is 29.9 Å². The Bertz CT molecular complexity index is 783. The number of benzene rings is 2. The molecule has 0 saturated carbocycles. The van der Waals surface area contributed by atoms with Gasteiger partial charge in [0, 0.05) is 30.9 Å². The molecule has 1 aliphatic heterocycles. The molecular formula is C20H23N3OS. The Morgan fingerprint density at radius 3 is 2.60 bits per heavy atom. The molecule has 0 aromatic heterocycles. The summed E-state index contributed by atoms with van der Waals surface area (Å²) in [5, 5.41) is 7.05. The third kappa shape index (κ3) is 4.57. The average Bonchev–Trinajstić information content (AvgIpc) is 2.98. The van der Waals surface area contributed by atoms with Crippen LogP contribution in [0.4, 0.5) is 11.4 Å². The lowest BCUT2D eigenvalue weighted by Crippen LogP contribution is -2.28. The predicted molar refractivity (Wildman–Crippen MR) is 107 cm³/mol. The molecule has 2 aromatic carbocycles. The smallest absolute Gasteiger partial charge is 0.227 e. The van der Waals surface area contributed by atoms with Crippen molar-refractivity contribution in [3.05, 3.63) is 59.2 Å². The largest absolute Gasteiger partial charge is 0.358 e. The van der Waals surface area contributed by atoms with E-state index in [-0.39, 0.29) is 5.91 Å². The zero-order chi connectivity index (χ0) is 17.8. The number of aryl methyl sites for hydroxylation is 2. The number of carbonyl (C=O) groups is 1. The van der Waals surface area contributed by atoms with Gasteiger partial charge in [-0.25, -0.2) is 0 Å². The summed E-state index contributed by atoms with van der Waals surface area (Å²) >= 11 is 5.39. The lowest BCUT2D eigenvalue weighted by molar-refractivity contribution is -0.117. The zero-order valence-electron chi connectivity index (χ0n) is 14.6. The number of rotatable bonds is 4. The molecule has 2 aromatic rings. The van der Waals surface area contributed by atoms with Gasteiger partial charge in [0.25, 0.3) is 0 Å². The highest BCUT2D eigenvalue weighted by Crippen LogP contribution is 2.22. The van der Waals surface area contributed by atoms with Gasteiger partial charge >= 0.3 is 0 Å². The number of carbonyl (C=O) groups excluding carboxylic acids is 1. The molecule has 130 valence electrons. The molecule has 0 radical (unpaired) electrons. The van der Waals surface area contributed by atoms with E-state index < -0.39 is 0 Å². The maximum atomic E-state index is 11.9. The van der Waals surface area contributed by atoms with E-state index >= 15 is 0 Å². The van der Waals surface area contributed by atoms with Crippen LogP contribution in [-0.2, 0) is 11.3 Å². The Morgan fingerprint density at radius 1 is 1.16 bits per heavy atom. The first-order chi connectivity index (χ1) is 12.0. The lowest BCUT2D eigenvalue weighted by Gasteiger charge is -2.17. The molecule has 0 atom stereocenters. The SMILES string of the molecule is Cc1cc(C)cc(NC(=S)NCc2cccc(N3CCCC3=O)c2)c1. The fourth-order valence-electron chi connectivity index (χ4n) is 3.16. The summed E-state index contributed by atoms with van der Waals surface area (Å²) in [7, 11) is 0. The lowest BCUT2D eigenvalue weighted by atomic mass is 10.1. The van der Waals surface area contributed by atoms with E-state index in [4.69, 9.17) is 12.2 Å². The molecule has 0 bridgehead atoms. The van der Waals surface area contributed by atoms with E-state index in [9.17, 15) is 4.79 Å². The van der Waals surface area contributed by atoms with Gasteiger partial charge in [0.1, 0.15) is 0 Å². The first-order valence-electron chi connectivity index (χ1n) is 8.54. The number of hydrogen-bond donors (Lipinski definition) is 2. The molecule has 4 nitrogen and oxygen atoms in total. The summed E-state index contributed by atoms with van der Waals surface area (Å²) in [6.07, 6.45) is 1.58. The van der Waals surface area contributed by atoms with Gasteiger partial charge in [0.05, 0.1) is 0 Å². The third-order valence-electron chi connectivity index (χ3n) is 4.23. The Morgan fingerprint density at radius 2 is 1.92 bits per heavy atom. The fraction of sp³-hybridized carbons (Fsp3) is 0.300. The second-order valence-corrected chi connectivity index (χ2v) is 6.91. The molecule has 3 rings (SSSR count). The zero-order valence-corrected chi connectivity index (χ0v) is 15.5. The number of amides is 1. The van der Waals surface area contributed by atoms with Crippen molar-refractivity contribution in [1.82, 2.24) is 5.32 Å². The minimum absolute atomic E-state index is 0.206. The summed E-state index contributed by atoms with van der Waals surface area (Å²) < 4.78 is 0. The van der Waals surface area contributed by atoms with Crippen molar-refractivity contribution in [1.29, 1.82) is 0 Å². The molecule has 1 aliphatic rings. The first-order valence-corrected chi connectivity index (χ1v) is 8.94. The molecule has 2 N–H and O–H groups in total. The highest BCUT2D eigenvalue weighted by atomic mass is 32.1. The van der Waals surface area contributed by atoms with Crippen molar-refractivity contribution in [2.45, 2.75) is 33.2 Å². The van der Waals surface area contributed by atoms with Crippen LogP contribution in [0, 0.1) is 13.8 Å². The topological polar surface area (TPSA) is 44.4 Å². The van der Waals surface area contributed by atoms with Crippen molar-refractivity contribution < 1.29 is 4.79 Å². The minimum Gasteiger partial charge on any atom is -0.358 e. The summed E-state index contributed by atoms with van der Waals surface area (Å²) in [4.78, 5) is 13.7. The summed E-state index contributed by atoms with van der Waals surface area (Å²) in [5.41, 5.74) is 5.46. The van der Waals surface area contributed by atoms with Gasteiger partial charge in [-0.05, 0) is 73.4 Å². The summed E-state index contributed by atoms with van der Waals surface area (Å²) in [5.74, 6) is 0.206. The number of nitrogens with zero attached hydrogens (tertiary/aromatic N) is 1. The van der Waals surface area contributed by atoms with Gasteiger partial charge in [-0.3, -0.25) is 4.79 Å². The molecule has 25 heavy (non-hydrogen) atoms. The van der Waals surface area contributed by atoms with Crippen molar-refractivity contribution in [2.24, 2.45) is 0 Å². The molecule has 1 heterocycles. The Hall–Kier alpha value is -2.40. The van der Waals surface area contributed by atoms with Gasteiger partial charge in [0.15, 0.2) is 5.11 Å². The summed E-state index contributed by atoms with van der Waals surface area (Å²) in [6.45, 7) is 5.56. The van der Waals surface area contributed by atoms with Crippen LogP contribution >= 0.6 is 12.2 Å². The minimum atomic E-state index is 0.206. The third-order valence-corrected chi connectivity index (χ3v) is 4.47. The molecule has 0 spiro atoms. The quantitative estimate of drug-likeness (QED) is 0.818. The Kier molecular flexibility index (Phi) is 5.34. The standard InChI is InChI=1S/C20H23N3OS/c1-14-9-15(2)11-17(10-14)22-20(25)21-13-16-5-3-6-18(12-16)23-8-4-7-19(23)24/h3,5-6,9-12H,4,7-8,13H2,1-2H3,(H2,21,22,25).